The number of benzene rings is 4. The zero-order valence-corrected chi connectivity index (χ0v) is 52.6. The Hall–Kier alpha value is -2.48. The predicted molar refractivity (Wildman–Crippen MR) is 298 cm³/mol. The van der Waals surface area contributed by atoms with Gasteiger partial charge in [0.1, 0.15) is 0 Å². The Balaban J connectivity index is 0.000000443. The molecular weight excluding hydrogens is 1640 g/mol. The smallest absolute Gasteiger partial charge is 0.741 e. The van der Waals surface area contributed by atoms with Gasteiger partial charge in [0.25, 0.3) is 0 Å². The van der Waals surface area contributed by atoms with Crippen molar-refractivity contribution in [3.8, 4) is 44.5 Å². The van der Waals surface area contributed by atoms with E-state index in [9.17, 15) is 26.3 Å². The molecule has 2 aliphatic rings. The van der Waals surface area contributed by atoms with E-state index in [1.165, 1.54) is 0 Å². The molecule has 0 unspecified atom stereocenters. The molecule has 0 saturated carbocycles. The summed E-state index contributed by atoms with van der Waals surface area (Å²) in [5.74, 6) is 0. The third kappa shape index (κ3) is 12.5. The first-order chi connectivity index (χ1) is 33.7. The first-order valence-corrected chi connectivity index (χ1v) is 28.6. The van der Waals surface area contributed by atoms with E-state index in [-0.39, 0.29) is 23.9 Å². The minimum absolute atomic E-state index is 0. The minimum Gasteiger partial charge on any atom is -0.741 e. The molecule has 5 heterocycles. The van der Waals surface area contributed by atoms with Crippen LogP contribution in [0.1, 0.15) is 22.8 Å². The summed E-state index contributed by atoms with van der Waals surface area (Å²) in [5.41, 5.74) is 1.57. The second-order valence-corrected chi connectivity index (χ2v) is 23.6. The molecule has 0 N–H and O–H groups in total. The van der Waals surface area contributed by atoms with Crippen molar-refractivity contribution in [1.29, 1.82) is 0 Å². The number of hydrogen-bond donors (Lipinski definition) is 0. The minimum atomic E-state index is -6.09. The van der Waals surface area contributed by atoms with E-state index in [1.807, 2.05) is 72.8 Å². The van der Waals surface area contributed by atoms with Gasteiger partial charge in [-0.05, 0) is 108 Å². The van der Waals surface area contributed by atoms with Crippen LogP contribution in [0.3, 0.4) is 0 Å². The first-order valence-electron chi connectivity index (χ1n) is 19.5. The second-order valence-electron chi connectivity index (χ2n) is 14.5. The molecule has 0 atom stereocenters. The molecule has 0 saturated heterocycles. The molecule has 374 valence electrons. The Morgan fingerprint density at radius 3 is 0.685 bits per heavy atom. The molecule has 0 amide bonds. The molecule has 10 nitrogen and oxygen atoms in total. The molecule has 27 heteroatoms. The Bertz CT molecular complexity index is 3320. The van der Waals surface area contributed by atoms with Gasteiger partial charge in [0.05, 0.1) is 40.7 Å². The molecule has 73 heavy (non-hydrogen) atoms. The first kappa shape index (κ1) is 59.8. The van der Waals surface area contributed by atoms with Crippen molar-refractivity contribution in [3.63, 3.8) is 0 Å². The molecule has 0 radical (unpaired) electrons. The summed E-state index contributed by atoms with van der Waals surface area (Å²) in [6.45, 7) is 0. The second kappa shape index (κ2) is 23.6. The van der Waals surface area contributed by atoms with Crippen LogP contribution in [-0.4, -0.2) is 70.8 Å². The molecule has 9 rings (SSSR count). The van der Waals surface area contributed by atoms with Gasteiger partial charge in [0, 0.05) is 17.9 Å². The van der Waals surface area contributed by atoms with E-state index in [0.29, 0.717) is 44.8 Å². The standard InChI is InChI=1S/C44H20Br8N4.2CHF3O3S.Sn/c45-29-31(47)39-26(22-15-7-2-8-16-22)41-33(49)35(51)43(55-41)28(24-19-11-4-12-20-24)44-36(52)34(50)42(56-44)27(23-17-9-3-10-18-23)40-32(48)30(46)38(54-40)25(37(29)53-39)21-13-5-1-6-14-21;2*2-1(3,4)8(5,6)7;/h1-20H;2*(H,5,6,7);/q-2;;;+4/p-2. The number of aromatic nitrogens is 4. The molecule has 7 aromatic rings. The fraction of sp³-hybridized carbons (Fsp3) is 0.0435. The summed E-state index contributed by atoms with van der Waals surface area (Å²) in [5, 5.41) is 0. The van der Waals surface area contributed by atoms with Crippen molar-refractivity contribution in [2.45, 2.75) is 11.0 Å². The van der Waals surface area contributed by atoms with Crippen LogP contribution in [-0.2, 0) is 20.2 Å². The molecule has 2 aliphatic heterocycles. The van der Waals surface area contributed by atoms with E-state index in [2.05, 4.69) is 176 Å². The number of fused-ring (bicyclic) bond motifs is 8. The average Bonchev–Trinajstić information content (AvgIpc) is 3.98. The van der Waals surface area contributed by atoms with Crippen LogP contribution in [0.25, 0.3) is 84.5 Å². The van der Waals surface area contributed by atoms with Crippen LogP contribution < -0.4 is 9.97 Å². The summed E-state index contributed by atoms with van der Waals surface area (Å²) in [4.78, 5) is 22.0. The van der Waals surface area contributed by atoms with Crippen molar-refractivity contribution >= 4 is 212 Å². The van der Waals surface area contributed by atoms with Crippen LogP contribution in [0.15, 0.2) is 139 Å². The molecule has 4 aromatic carbocycles. The molecule has 0 aliphatic carbocycles. The van der Waals surface area contributed by atoms with E-state index >= 15 is 0 Å². The van der Waals surface area contributed by atoms with Crippen LogP contribution in [0.2, 0.25) is 0 Å². The molecule has 8 bridgehead atoms. The van der Waals surface area contributed by atoms with E-state index in [4.69, 9.17) is 45.9 Å². The van der Waals surface area contributed by atoms with Gasteiger partial charge in [0.2, 0.25) is 0 Å². The van der Waals surface area contributed by atoms with Gasteiger partial charge < -0.3 is 19.1 Å². The summed E-state index contributed by atoms with van der Waals surface area (Å²) >= 11 is 31.9. The van der Waals surface area contributed by atoms with Gasteiger partial charge in [-0.15, -0.1) is 22.1 Å². The normalized spacial score (nSPS) is 12.9. The largest absolute Gasteiger partial charge is 4.00 e. The van der Waals surface area contributed by atoms with Gasteiger partial charge in [0.15, 0.2) is 20.2 Å². The van der Waals surface area contributed by atoms with Gasteiger partial charge in [-0.2, -0.15) is 26.3 Å². The van der Waals surface area contributed by atoms with Crippen molar-refractivity contribution < 1.29 is 52.3 Å². The van der Waals surface area contributed by atoms with Crippen molar-refractivity contribution in [2.24, 2.45) is 0 Å². The third-order valence-corrected chi connectivity index (χ3v) is 19.5. The van der Waals surface area contributed by atoms with Crippen LogP contribution in [0, 0.1) is 0 Å². The van der Waals surface area contributed by atoms with E-state index in [0.717, 1.165) is 80.3 Å². The summed E-state index contributed by atoms with van der Waals surface area (Å²) < 4.78 is 124. The van der Waals surface area contributed by atoms with Crippen molar-refractivity contribution in [1.82, 2.24) is 19.9 Å². The zero-order valence-electron chi connectivity index (χ0n) is 35.4. The van der Waals surface area contributed by atoms with Gasteiger partial charge in [-0.1, -0.05) is 185 Å². The molecule has 0 spiro atoms. The fourth-order valence-corrected chi connectivity index (χ4v) is 10.8. The SMILES string of the molecule is BrC1=C(Br)c2nc1c(-c1ccccc1)c1[n-]c(c(Br)c1Br)c(-c1ccccc1)c1nc(c(-c3ccccc3)c3[n-]c(c(Br)c3Br)c2-c2ccccc2)C(Br)=C1Br.O=S(=O)([O-])C(F)(F)F.O=S(=O)([O-])C(F)(F)F.[Sn+4]. The molecule has 0 fully saturated rings. The average molecular weight is 1660 g/mol. The Labute approximate surface area is 495 Å². The number of hydrogen-bond acceptors (Lipinski definition) is 8. The Kier molecular flexibility index (Phi) is 19.3. The fourth-order valence-electron chi connectivity index (χ4n) is 6.96. The maximum atomic E-state index is 10.7. The van der Waals surface area contributed by atoms with Crippen LogP contribution in [0.5, 0.6) is 0 Å². The van der Waals surface area contributed by atoms with E-state index < -0.39 is 31.3 Å². The predicted octanol–water partition coefficient (Wildman–Crippen LogP) is 16.2. The zero-order chi connectivity index (χ0) is 52.8. The monoisotopic (exact) mass is 1650 g/mol. The summed E-state index contributed by atoms with van der Waals surface area (Å²) in [6.07, 6.45) is 0. The molecule has 3 aromatic heterocycles. The topological polar surface area (TPSA) is 168 Å². The summed E-state index contributed by atoms with van der Waals surface area (Å²) in [7, 11) is -12.2. The number of rotatable bonds is 4. The quantitative estimate of drug-likeness (QED) is 0.0716. The maximum absolute atomic E-state index is 10.7. The van der Waals surface area contributed by atoms with E-state index in [1.54, 1.807) is 0 Å². The van der Waals surface area contributed by atoms with Gasteiger partial charge in [-0.25, -0.2) is 26.8 Å². The number of nitrogens with zero attached hydrogens (tertiary/aromatic N) is 4. The third-order valence-electron chi connectivity index (χ3n) is 10.0. The van der Waals surface area contributed by atoms with Crippen molar-refractivity contribution in [2.75, 3.05) is 0 Å². The number of halogens is 14. The van der Waals surface area contributed by atoms with Gasteiger partial charge >= 0.3 is 34.9 Å². The Morgan fingerprint density at radius 1 is 0.370 bits per heavy atom. The molecular formula is C46H20Br8F6N4O6S2Sn. The maximum Gasteiger partial charge on any atom is 4.00 e. The van der Waals surface area contributed by atoms with Crippen molar-refractivity contribution in [3.05, 3.63) is 162 Å². The van der Waals surface area contributed by atoms with Crippen LogP contribution >= 0.6 is 127 Å². The Morgan fingerprint density at radius 2 is 0.534 bits per heavy atom. The summed E-state index contributed by atoms with van der Waals surface area (Å²) in [6, 6.07) is 40.9. The number of alkyl halides is 6. The van der Waals surface area contributed by atoms with Gasteiger partial charge in [-0.3, -0.25) is 0 Å². The van der Waals surface area contributed by atoms with Crippen LogP contribution in [0.4, 0.5) is 26.3 Å².